The first-order chi connectivity index (χ1) is 9.13. The van der Waals surface area contributed by atoms with E-state index >= 15 is 0 Å². The van der Waals surface area contributed by atoms with Gasteiger partial charge in [0.05, 0.1) is 6.10 Å². The van der Waals surface area contributed by atoms with Gasteiger partial charge < -0.3 is 5.11 Å². The molecule has 5 atom stereocenters. The number of fused-ring (bicyclic) bond motifs is 1. The average molecular weight is 262 g/mol. The van der Waals surface area contributed by atoms with E-state index in [1.54, 1.807) is 0 Å². The molecule has 0 heterocycles. The fraction of sp³-hybridized carbons (Fsp3) is 0.824. The number of hydrogen-bond acceptors (Lipinski definition) is 2. The van der Waals surface area contributed by atoms with Gasteiger partial charge >= 0.3 is 0 Å². The molecule has 0 radical (unpaired) electrons. The van der Waals surface area contributed by atoms with Crippen molar-refractivity contribution in [2.75, 3.05) is 0 Å². The molecule has 0 aliphatic heterocycles. The highest BCUT2D eigenvalue weighted by Gasteiger charge is 2.64. The van der Waals surface area contributed by atoms with Crippen LogP contribution in [-0.2, 0) is 4.79 Å². The standard InChI is InChI=1S/C17H26O2/c1-3-4-6-13-12-8-9-15(19)17(13)10-5-7-14(18)16(17)11(12)2/h12-14,16,18H,2-10H2,1H3/t12-,13-,14+,16+,17+/m1/s1. The van der Waals surface area contributed by atoms with Crippen molar-refractivity contribution in [3.05, 3.63) is 12.2 Å². The molecule has 3 aliphatic rings. The first-order valence-electron chi connectivity index (χ1n) is 8.03. The molecule has 19 heavy (non-hydrogen) atoms. The number of aliphatic hydroxyl groups is 1. The minimum atomic E-state index is -0.322. The zero-order valence-electron chi connectivity index (χ0n) is 12.0. The lowest BCUT2D eigenvalue weighted by atomic mass is 9.56. The first kappa shape index (κ1) is 13.4. The number of carbonyl (C=O) groups excluding carboxylic acids is 1. The fourth-order valence-electron chi connectivity index (χ4n) is 5.42. The van der Waals surface area contributed by atoms with Crippen LogP contribution in [0.15, 0.2) is 12.2 Å². The van der Waals surface area contributed by atoms with Crippen molar-refractivity contribution in [2.45, 2.75) is 64.4 Å². The van der Waals surface area contributed by atoms with Crippen molar-refractivity contribution in [3.8, 4) is 0 Å². The van der Waals surface area contributed by atoms with Crippen molar-refractivity contribution in [1.29, 1.82) is 0 Å². The minimum Gasteiger partial charge on any atom is -0.392 e. The molecule has 0 amide bonds. The molecule has 1 N–H and O–H groups in total. The topological polar surface area (TPSA) is 37.3 Å². The van der Waals surface area contributed by atoms with Gasteiger partial charge in [-0.05, 0) is 43.9 Å². The molecule has 2 bridgehead atoms. The molecule has 1 spiro atoms. The van der Waals surface area contributed by atoms with Gasteiger partial charge in [0.1, 0.15) is 5.78 Å². The largest absolute Gasteiger partial charge is 0.392 e. The summed E-state index contributed by atoms with van der Waals surface area (Å²) in [6.07, 6.45) is 7.77. The number of unbranched alkanes of at least 4 members (excludes halogenated alkanes) is 1. The van der Waals surface area contributed by atoms with Crippen molar-refractivity contribution < 1.29 is 9.90 Å². The lowest BCUT2D eigenvalue weighted by Gasteiger charge is -2.46. The minimum absolute atomic E-state index is 0.0723. The molecular weight excluding hydrogens is 236 g/mol. The summed E-state index contributed by atoms with van der Waals surface area (Å²) in [6, 6.07) is 0. The van der Waals surface area contributed by atoms with Gasteiger partial charge in [-0.25, -0.2) is 0 Å². The van der Waals surface area contributed by atoms with Crippen molar-refractivity contribution in [1.82, 2.24) is 0 Å². The Kier molecular flexibility index (Phi) is 3.33. The van der Waals surface area contributed by atoms with Crippen LogP contribution in [0.1, 0.15) is 58.3 Å². The molecule has 0 saturated heterocycles. The van der Waals surface area contributed by atoms with Crippen LogP contribution in [0.3, 0.4) is 0 Å². The quantitative estimate of drug-likeness (QED) is 0.791. The number of Topliss-reactive ketones (excluding diaryl/α,β-unsaturated/α-hetero) is 1. The fourth-order valence-corrected chi connectivity index (χ4v) is 5.42. The Labute approximate surface area is 116 Å². The van der Waals surface area contributed by atoms with Crippen molar-refractivity contribution >= 4 is 5.78 Å². The molecule has 2 heteroatoms. The van der Waals surface area contributed by atoms with Crippen molar-refractivity contribution in [2.24, 2.45) is 23.2 Å². The summed E-state index contributed by atoms with van der Waals surface area (Å²) in [4.78, 5) is 12.7. The highest BCUT2D eigenvalue weighted by molar-refractivity contribution is 5.88. The van der Waals surface area contributed by atoms with E-state index in [1.165, 1.54) is 18.4 Å². The van der Waals surface area contributed by atoms with E-state index in [0.29, 0.717) is 17.6 Å². The van der Waals surface area contributed by atoms with E-state index in [-0.39, 0.29) is 17.4 Å². The van der Waals surface area contributed by atoms with Gasteiger partial charge in [0.25, 0.3) is 0 Å². The van der Waals surface area contributed by atoms with Gasteiger partial charge in [-0.1, -0.05) is 31.9 Å². The zero-order chi connectivity index (χ0) is 13.6. The number of ketones is 1. The SMILES string of the molecule is C=C1[C@H]2CCC(=O)[C@]3(CCC[C@H](O)[C@H]13)[C@@H]2CCCC. The van der Waals surface area contributed by atoms with Gasteiger partial charge in [-0.2, -0.15) is 0 Å². The predicted molar refractivity (Wildman–Crippen MR) is 75.7 cm³/mol. The summed E-state index contributed by atoms with van der Waals surface area (Å²) in [7, 11) is 0. The van der Waals surface area contributed by atoms with E-state index < -0.39 is 0 Å². The normalized spacial score (nSPS) is 45.4. The van der Waals surface area contributed by atoms with Gasteiger partial charge in [0.2, 0.25) is 0 Å². The third kappa shape index (κ3) is 1.68. The Morgan fingerprint density at radius 1 is 1.42 bits per heavy atom. The molecule has 3 rings (SSSR count). The summed E-state index contributed by atoms with van der Waals surface area (Å²) in [5.41, 5.74) is 0.978. The molecule has 0 aromatic heterocycles. The van der Waals surface area contributed by atoms with E-state index in [2.05, 4.69) is 13.5 Å². The Hall–Kier alpha value is -0.630. The molecule has 0 aromatic rings. The van der Waals surface area contributed by atoms with Crippen LogP contribution in [0.2, 0.25) is 0 Å². The van der Waals surface area contributed by atoms with Crippen LogP contribution in [-0.4, -0.2) is 17.0 Å². The van der Waals surface area contributed by atoms with E-state index in [9.17, 15) is 9.90 Å². The molecule has 3 aliphatic carbocycles. The second-order valence-corrected chi connectivity index (χ2v) is 6.87. The van der Waals surface area contributed by atoms with Crippen molar-refractivity contribution in [3.63, 3.8) is 0 Å². The highest BCUT2D eigenvalue weighted by Crippen LogP contribution is 2.65. The van der Waals surface area contributed by atoms with Crippen LogP contribution in [0.25, 0.3) is 0 Å². The maximum atomic E-state index is 12.7. The Bertz CT molecular complexity index is 400. The smallest absolute Gasteiger partial charge is 0.140 e. The maximum absolute atomic E-state index is 12.7. The van der Waals surface area contributed by atoms with Crippen LogP contribution >= 0.6 is 0 Å². The summed E-state index contributed by atoms with van der Waals surface area (Å²) in [5, 5.41) is 10.4. The Morgan fingerprint density at radius 3 is 2.95 bits per heavy atom. The Balaban J connectivity index is 2.01. The van der Waals surface area contributed by atoms with Gasteiger partial charge in [-0.15, -0.1) is 0 Å². The summed E-state index contributed by atoms with van der Waals surface area (Å²) >= 11 is 0. The summed E-state index contributed by atoms with van der Waals surface area (Å²) in [5.74, 6) is 1.48. The van der Waals surface area contributed by atoms with Crippen LogP contribution in [0.5, 0.6) is 0 Å². The molecule has 106 valence electrons. The maximum Gasteiger partial charge on any atom is 0.140 e. The first-order valence-corrected chi connectivity index (χ1v) is 8.03. The molecule has 3 saturated carbocycles. The predicted octanol–water partition coefficient (Wildman–Crippen LogP) is 3.49. The van der Waals surface area contributed by atoms with Crippen LogP contribution in [0.4, 0.5) is 0 Å². The van der Waals surface area contributed by atoms with E-state index in [1.807, 2.05) is 0 Å². The number of aliphatic hydroxyl groups excluding tert-OH is 1. The third-order valence-corrected chi connectivity index (χ3v) is 6.12. The molecule has 0 unspecified atom stereocenters. The Morgan fingerprint density at radius 2 is 2.21 bits per heavy atom. The molecule has 3 fully saturated rings. The zero-order valence-corrected chi connectivity index (χ0v) is 12.0. The van der Waals surface area contributed by atoms with Crippen LogP contribution < -0.4 is 0 Å². The lowest BCUT2D eigenvalue weighted by molar-refractivity contribution is -0.144. The molecular formula is C17H26O2. The van der Waals surface area contributed by atoms with E-state index in [0.717, 1.165) is 38.5 Å². The number of hydrogen-bond donors (Lipinski definition) is 1. The van der Waals surface area contributed by atoms with Gasteiger partial charge in [-0.3, -0.25) is 4.79 Å². The van der Waals surface area contributed by atoms with Gasteiger partial charge in [0.15, 0.2) is 0 Å². The second-order valence-electron chi connectivity index (χ2n) is 6.87. The molecule has 0 aromatic carbocycles. The number of carbonyl (C=O) groups is 1. The number of rotatable bonds is 3. The third-order valence-electron chi connectivity index (χ3n) is 6.12. The lowest BCUT2D eigenvalue weighted by Crippen LogP contribution is -2.49. The summed E-state index contributed by atoms with van der Waals surface area (Å²) < 4.78 is 0. The monoisotopic (exact) mass is 262 g/mol. The van der Waals surface area contributed by atoms with Crippen LogP contribution in [0, 0.1) is 23.2 Å². The average Bonchev–Trinajstić information content (AvgIpc) is 2.57. The molecule has 2 nitrogen and oxygen atoms in total. The van der Waals surface area contributed by atoms with E-state index in [4.69, 9.17) is 0 Å². The second kappa shape index (κ2) is 4.73. The summed E-state index contributed by atoms with van der Waals surface area (Å²) in [6.45, 7) is 6.52. The highest BCUT2D eigenvalue weighted by atomic mass is 16.3. The van der Waals surface area contributed by atoms with Gasteiger partial charge in [0, 0.05) is 17.8 Å².